The fourth-order valence-corrected chi connectivity index (χ4v) is 1.11. The molecule has 0 aliphatic rings. The molecule has 0 heterocycles. The molecule has 0 aromatic carbocycles. The Kier molecular flexibility index (Phi) is 6.32. The van der Waals surface area contributed by atoms with Gasteiger partial charge in [-0.1, -0.05) is 20.3 Å². The van der Waals surface area contributed by atoms with Crippen molar-refractivity contribution in [3.63, 3.8) is 0 Å². The Bertz CT molecular complexity index is 325. The van der Waals surface area contributed by atoms with Crippen molar-refractivity contribution in [3.05, 3.63) is 0 Å². The van der Waals surface area contributed by atoms with E-state index in [1.165, 1.54) is 0 Å². The van der Waals surface area contributed by atoms with Crippen molar-refractivity contribution < 1.29 is 34.4 Å². The predicted octanol–water partition coefficient (Wildman–Crippen LogP) is 0.256. The Hall–Kier alpha value is -1.63. The topological polar surface area (TPSA) is 121 Å². The van der Waals surface area contributed by atoms with Crippen molar-refractivity contribution in [2.24, 2.45) is 5.92 Å². The van der Waals surface area contributed by atoms with Gasteiger partial charge in [0.2, 0.25) is 0 Å². The van der Waals surface area contributed by atoms with E-state index in [4.69, 9.17) is 14.9 Å². The Morgan fingerprint density at radius 3 is 2.17 bits per heavy atom. The molecule has 0 radical (unpaired) electrons. The van der Waals surface area contributed by atoms with E-state index in [9.17, 15) is 19.5 Å². The number of carboxylic acids is 2. The molecule has 0 aromatic rings. The van der Waals surface area contributed by atoms with Gasteiger partial charge in [0, 0.05) is 0 Å². The molecule has 0 saturated heterocycles. The van der Waals surface area contributed by atoms with Crippen LogP contribution in [-0.4, -0.2) is 45.4 Å². The summed E-state index contributed by atoms with van der Waals surface area (Å²) in [5.41, 5.74) is -2.63. The Morgan fingerprint density at radius 1 is 1.22 bits per heavy atom. The monoisotopic (exact) mass is 262 g/mol. The summed E-state index contributed by atoms with van der Waals surface area (Å²) in [6.07, 6.45) is -1.16. The second-order valence-electron chi connectivity index (χ2n) is 4.28. The van der Waals surface area contributed by atoms with Crippen molar-refractivity contribution in [2.75, 3.05) is 6.61 Å². The summed E-state index contributed by atoms with van der Waals surface area (Å²) in [7, 11) is 0. The smallest absolute Gasteiger partial charge is 0.336 e. The van der Waals surface area contributed by atoms with Crippen LogP contribution >= 0.6 is 0 Å². The van der Waals surface area contributed by atoms with Gasteiger partial charge in [0.25, 0.3) is 0 Å². The molecule has 0 bridgehead atoms. The van der Waals surface area contributed by atoms with E-state index < -0.39 is 36.4 Å². The van der Waals surface area contributed by atoms with Crippen LogP contribution < -0.4 is 0 Å². The van der Waals surface area contributed by atoms with Crippen LogP contribution in [0, 0.1) is 5.92 Å². The molecule has 104 valence electrons. The van der Waals surface area contributed by atoms with Crippen LogP contribution in [0.2, 0.25) is 0 Å². The molecule has 2 unspecified atom stereocenters. The fourth-order valence-electron chi connectivity index (χ4n) is 1.11. The number of carbonyl (C=O) groups excluding carboxylic acids is 1. The van der Waals surface area contributed by atoms with E-state index >= 15 is 0 Å². The zero-order valence-electron chi connectivity index (χ0n) is 10.4. The SMILES string of the molecule is CCC(C)COC(=O)CC(O)(CC(=O)O)C(=O)O. The molecule has 0 aromatic heterocycles. The summed E-state index contributed by atoms with van der Waals surface area (Å²) in [6.45, 7) is 3.85. The zero-order chi connectivity index (χ0) is 14.3. The minimum Gasteiger partial charge on any atom is -0.481 e. The molecule has 0 aliphatic heterocycles. The number of hydrogen-bond donors (Lipinski definition) is 3. The number of esters is 1. The highest BCUT2D eigenvalue weighted by atomic mass is 16.5. The van der Waals surface area contributed by atoms with Gasteiger partial charge >= 0.3 is 17.9 Å². The number of carbonyl (C=O) groups is 3. The van der Waals surface area contributed by atoms with Gasteiger partial charge in [0.15, 0.2) is 5.60 Å². The number of aliphatic hydroxyl groups is 1. The number of rotatable bonds is 8. The van der Waals surface area contributed by atoms with E-state index in [1.807, 2.05) is 13.8 Å². The molecular weight excluding hydrogens is 244 g/mol. The van der Waals surface area contributed by atoms with Gasteiger partial charge in [-0.05, 0) is 5.92 Å². The molecule has 0 fully saturated rings. The van der Waals surface area contributed by atoms with Crippen LogP contribution in [-0.2, 0) is 19.1 Å². The summed E-state index contributed by atoms with van der Waals surface area (Å²) in [6, 6.07) is 0. The lowest BCUT2D eigenvalue weighted by Crippen LogP contribution is -2.43. The molecule has 18 heavy (non-hydrogen) atoms. The first kappa shape index (κ1) is 16.4. The van der Waals surface area contributed by atoms with Crippen LogP contribution in [0.15, 0.2) is 0 Å². The predicted molar refractivity (Wildman–Crippen MR) is 59.9 cm³/mol. The second-order valence-corrected chi connectivity index (χ2v) is 4.28. The van der Waals surface area contributed by atoms with Gasteiger partial charge in [-0.2, -0.15) is 0 Å². The van der Waals surface area contributed by atoms with Crippen LogP contribution in [0.4, 0.5) is 0 Å². The van der Waals surface area contributed by atoms with E-state index in [2.05, 4.69) is 0 Å². The quantitative estimate of drug-likeness (QED) is 0.536. The third-order valence-corrected chi connectivity index (χ3v) is 2.50. The number of ether oxygens (including phenoxy) is 1. The average molecular weight is 262 g/mol. The Morgan fingerprint density at radius 2 is 1.78 bits per heavy atom. The highest BCUT2D eigenvalue weighted by Crippen LogP contribution is 2.17. The first-order chi connectivity index (χ1) is 8.21. The van der Waals surface area contributed by atoms with Crippen LogP contribution in [0.5, 0.6) is 0 Å². The lowest BCUT2D eigenvalue weighted by Gasteiger charge is -2.20. The van der Waals surface area contributed by atoms with Crippen molar-refractivity contribution >= 4 is 17.9 Å². The third kappa shape index (κ3) is 5.62. The molecule has 0 amide bonds. The van der Waals surface area contributed by atoms with Crippen molar-refractivity contribution in [1.29, 1.82) is 0 Å². The standard InChI is InChI=1S/C11H18O7/c1-3-7(2)6-18-9(14)5-11(17,10(15)16)4-8(12)13/h7,17H,3-6H2,1-2H3,(H,12,13)(H,15,16). The van der Waals surface area contributed by atoms with E-state index in [1.54, 1.807) is 0 Å². The maximum Gasteiger partial charge on any atom is 0.336 e. The van der Waals surface area contributed by atoms with Gasteiger partial charge in [-0.25, -0.2) is 4.79 Å². The van der Waals surface area contributed by atoms with Crippen LogP contribution in [0.25, 0.3) is 0 Å². The van der Waals surface area contributed by atoms with Gasteiger partial charge < -0.3 is 20.1 Å². The van der Waals surface area contributed by atoms with E-state index in [0.717, 1.165) is 6.42 Å². The fraction of sp³-hybridized carbons (Fsp3) is 0.727. The normalized spacial score (nSPS) is 15.5. The Balaban J connectivity index is 4.46. The molecule has 0 spiro atoms. The molecular formula is C11H18O7. The summed E-state index contributed by atoms with van der Waals surface area (Å²) >= 11 is 0. The number of carboxylic acid groups (broad SMARTS) is 2. The van der Waals surface area contributed by atoms with E-state index in [0.29, 0.717) is 0 Å². The molecule has 2 atom stereocenters. The molecule has 7 nitrogen and oxygen atoms in total. The minimum absolute atomic E-state index is 0.109. The third-order valence-electron chi connectivity index (χ3n) is 2.50. The Labute approximate surface area is 104 Å². The largest absolute Gasteiger partial charge is 0.481 e. The highest BCUT2D eigenvalue weighted by molar-refractivity contribution is 5.88. The van der Waals surface area contributed by atoms with Crippen molar-refractivity contribution in [2.45, 2.75) is 38.7 Å². The molecule has 0 aliphatic carbocycles. The first-order valence-electron chi connectivity index (χ1n) is 5.54. The summed E-state index contributed by atoms with van der Waals surface area (Å²) in [5.74, 6) is -4.08. The lowest BCUT2D eigenvalue weighted by atomic mass is 9.96. The van der Waals surface area contributed by atoms with Gasteiger partial charge in [-0.3, -0.25) is 9.59 Å². The van der Waals surface area contributed by atoms with Gasteiger partial charge in [0.1, 0.15) is 0 Å². The summed E-state index contributed by atoms with van der Waals surface area (Å²) in [5, 5.41) is 26.8. The molecule has 7 heteroatoms. The van der Waals surface area contributed by atoms with Crippen molar-refractivity contribution in [1.82, 2.24) is 0 Å². The lowest BCUT2D eigenvalue weighted by molar-refractivity contribution is -0.172. The first-order valence-corrected chi connectivity index (χ1v) is 5.54. The maximum absolute atomic E-state index is 11.3. The minimum atomic E-state index is -2.63. The number of hydrogen-bond acceptors (Lipinski definition) is 5. The van der Waals surface area contributed by atoms with Gasteiger partial charge in [0.05, 0.1) is 19.4 Å². The zero-order valence-corrected chi connectivity index (χ0v) is 10.4. The van der Waals surface area contributed by atoms with Crippen molar-refractivity contribution in [3.8, 4) is 0 Å². The molecule has 0 saturated carbocycles. The second kappa shape index (κ2) is 6.95. The number of aliphatic carboxylic acids is 2. The summed E-state index contributed by atoms with van der Waals surface area (Å²) in [4.78, 5) is 32.5. The molecule has 0 rings (SSSR count). The van der Waals surface area contributed by atoms with Crippen LogP contribution in [0.3, 0.4) is 0 Å². The van der Waals surface area contributed by atoms with Gasteiger partial charge in [-0.15, -0.1) is 0 Å². The molecule has 3 N–H and O–H groups in total. The van der Waals surface area contributed by atoms with Crippen LogP contribution in [0.1, 0.15) is 33.1 Å². The van der Waals surface area contributed by atoms with E-state index in [-0.39, 0.29) is 12.5 Å². The maximum atomic E-state index is 11.3. The highest BCUT2D eigenvalue weighted by Gasteiger charge is 2.41. The average Bonchev–Trinajstić information content (AvgIpc) is 2.24. The summed E-state index contributed by atoms with van der Waals surface area (Å²) < 4.78 is 4.77.